The van der Waals surface area contributed by atoms with Gasteiger partial charge in [0.05, 0.1) is 27.1 Å². The Bertz CT molecular complexity index is 1080. The van der Waals surface area contributed by atoms with Gasteiger partial charge in [-0.2, -0.15) is 0 Å². The zero-order valence-electron chi connectivity index (χ0n) is 15.7. The fourth-order valence-corrected chi connectivity index (χ4v) is 4.60. The van der Waals surface area contributed by atoms with E-state index in [9.17, 15) is 13.8 Å². The molecule has 0 aliphatic carbocycles. The summed E-state index contributed by atoms with van der Waals surface area (Å²) in [5.41, 5.74) is 1.70. The summed E-state index contributed by atoms with van der Waals surface area (Å²) < 4.78 is 17.9. The Morgan fingerprint density at radius 1 is 1.21 bits per heavy atom. The quantitative estimate of drug-likeness (QED) is 0.713. The van der Waals surface area contributed by atoms with Gasteiger partial charge in [-0.25, -0.2) is 0 Å². The molecule has 148 valence electrons. The molecule has 0 bridgehead atoms. The van der Waals surface area contributed by atoms with Crippen molar-refractivity contribution in [3.8, 4) is 0 Å². The zero-order chi connectivity index (χ0) is 20.4. The summed E-state index contributed by atoms with van der Waals surface area (Å²) in [6.45, 7) is 0. The van der Waals surface area contributed by atoms with Crippen LogP contribution in [0, 0.1) is 0 Å². The fourth-order valence-electron chi connectivity index (χ4n) is 3.23. The molecule has 2 aromatic carbocycles. The number of carbonyl (C=O) groups excluding carboxylic acids is 2. The minimum atomic E-state index is -1.42. The molecule has 0 fully saturated rings. The third-order valence-corrected chi connectivity index (χ3v) is 6.21. The number of hydrogen-bond donors (Lipinski definition) is 1. The Hall–Kier alpha value is -3.26. The number of benzene rings is 2. The number of hydrogen-bond acceptors (Lipinski definition) is 5. The molecule has 0 radical (unpaired) electrons. The third-order valence-electron chi connectivity index (χ3n) is 4.74. The Morgan fingerprint density at radius 2 is 1.93 bits per heavy atom. The standard InChI is InChI=1S/C21H19N3O4S/c1-24-18-9-5-6-10-19(18)29(27)13-17(21(24)26)22-20(25)16-12-15(28-23-16)11-14-7-3-2-4-8-14/h2-10,12,17H,11,13H2,1H3,(H,22,25)/t17-,29+/m0/s1. The molecule has 1 aromatic heterocycles. The van der Waals surface area contributed by atoms with E-state index in [0.29, 0.717) is 22.8 Å². The average Bonchev–Trinajstić information content (AvgIpc) is 3.18. The highest BCUT2D eigenvalue weighted by molar-refractivity contribution is 7.85. The number of aromatic nitrogens is 1. The SMILES string of the molecule is CN1C(=O)[C@@H](NC(=O)c2cc(Cc3ccccc3)on2)C[S@@](=O)c2ccccc21. The predicted molar refractivity (Wildman–Crippen MR) is 108 cm³/mol. The van der Waals surface area contributed by atoms with Gasteiger partial charge in [-0.05, 0) is 17.7 Å². The molecule has 3 aromatic rings. The van der Waals surface area contributed by atoms with Crippen LogP contribution in [0.3, 0.4) is 0 Å². The highest BCUT2D eigenvalue weighted by atomic mass is 32.2. The molecule has 1 N–H and O–H groups in total. The van der Waals surface area contributed by atoms with Crippen LogP contribution in [0.15, 0.2) is 70.1 Å². The second kappa shape index (κ2) is 8.00. The van der Waals surface area contributed by atoms with Crippen molar-refractivity contribution < 1.29 is 18.3 Å². The second-order valence-electron chi connectivity index (χ2n) is 6.74. The lowest BCUT2D eigenvalue weighted by molar-refractivity contribution is -0.119. The Balaban J connectivity index is 1.49. The van der Waals surface area contributed by atoms with Crippen LogP contribution in [-0.4, -0.2) is 40.0 Å². The molecular formula is C21H19N3O4S. The number of carbonyl (C=O) groups is 2. The predicted octanol–water partition coefficient (Wildman–Crippen LogP) is 2.15. The van der Waals surface area contributed by atoms with E-state index in [1.807, 2.05) is 30.3 Å². The molecule has 0 saturated heterocycles. The van der Waals surface area contributed by atoms with E-state index in [-0.39, 0.29) is 17.4 Å². The third kappa shape index (κ3) is 3.97. The highest BCUT2D eigenvalue weighted by Crippen LogP contribution is 2.27. The summed E-state index contributed by atoms with van der Waals surface area (Å²) in [5, 5.41) is 6.47. The summed E-state index contributed by atoms with van der Waals surface area (Å²) in [6, 6.07) is 17.3. The van der Waals surface area contributed by atoms with Crippen molar-refractivity contribution >= 4 is 28.3 Å². The largest absolute Gasteiger partial charge is 0.360 e. The molecule has 0 spiro atoms. The van der Waals surface area contributed by atoms with E-state index < -0.39 is 22.7 Å². The van der Waals surface area contributed by atoms with E-state index >= 15 is 0 Å². The fraction of sp³-hybridized carbons (Fsp3) is 0.190. The van der Waals surface area contributed by atoms with Crippen LogP contribution >= 0.6 is 0 Å². The van der Waals surface area contributed by atoms with E-state index in [2.05, 4.69) is 10.5 Å². The average molecular weight is 409 g/mol. The maximum absolute atomic E-state index is 12.8. The topological polar surface area (TPSA) is 92.5 Å². The maximum atomic E-state index is 12.8. The number of likely N-dealkylation sites (N-methyl/N-ethyl adjacent to an activating group) is 1. The Kier molecular flexibility index (Phi) is 5.26. The molecule has 2 amide bonds. The van der Waals surface area contributed by atoms with Gasteiger partial charge in [-0.15, -0.1) is 0 Å². The van der Waals surface area contributed by atoms with Crippen molar-refractivity contribution in [2.24, 2.45) is 0 Å². The summed E-state index contributed by atoms with van der Waals surface area (Å²) in [6.07, 6.45) is 0.505. The van der Waals surface area contributed by atoms with Crippen molar-refractivity contribution in [3.63, 3.8) is 0 Å². The number of amides is 2. The number of fused-ring (bicyclic) bond motifs is 1. The van der Waals surface area contributed by atoms with Crippen LogP contribution in [0.2, 0.25) is 0 Å². The van der Waals surface area contributed by atoms with Crippen molar-refractivity contribution in [2.45, 2.75) is 17.4 Å². The number of para-hydroxylation sites is 1. The first-order valence-corrected chi connectivity index (χ1v) is 10.4. The van der Waals surface area contributed by atoms with E-state index in [1.54, 1.807) is 37.4 Å². The van der Waals surface area contributed by atoms with Crippen molar-refractivity contribution in [2.75, 3.05) is 17.7 Å². The Morgan fingerprint density at radius 3 is 2.72 bits per heavy atom. The van der Waals surface area contributed by atoms with Crippen LogP contribution in [-0.2, 0) is 22.0 Å². The Labute approximate surface area is 170 Å². The molecule has 1 aliphatic heterocycles. The molecular weight excluding hydrogens is 390 g/mol. The lowest BCUT2D eigenvalue weighted by Crippen LogP contribution is -2.49. The van der Waals surface area contributed by atoms with Crippen molar-refractivity contribution in [1.82, 2.24) is 10.5 Å². The number of anilines is 1. The van der Waals surface area contributed by atoms with Gasteiger partial charge < -0.3 is 14.7 Å². The second-order valence-corrected chi connectivity index (χ2v) is 8.21. The number of rotatable bonds is 4. The van der Waals surface area contributed by atoms with Crippen molar-refractivity contribution in [1.29, 1.82) is 0 Å². The first kappa shape index (κ1) is 19.1. The normalized spacial score (nSPS) is 18.8. The number of nitrogens with one attached hydrogen (secondary N) is 1. The molecule has 7 nitrogen and oxygen atoms in total. The molecule has 0 saturated carbocycles. The molecule has 2 heterocycles. The van der Waals surface area contributed by atoms with Crippen LogP contribution in [0.1, 0.15) is 21.8 Å². The van der Waals surface area contributed by atoms with Gasteiger partial charge in [-0.1, -0.05) is 47.6 Å². The van der Waals surface area contributed by atoms with Gasteiger partial charge in [0.15, 0.2) is 5.69 Å². The molecule has 1 aliphatic rings. The van der Waals surface area contributed by atoms with Gasteiger partial charge in [0.25, 0.3) is 5.91 Å². The summed E-state index contributed by atoms with van der Waals surface area (Å²) in [4.78, 5) is 27.4. The molecule has 8 heteroatoms. The maximum Gasteiger partial charge on any atom is 0.274 e. The van der Waals surface area contributed by atoms with Crippen LogP contribution in [0.25, 0.3) is 0 Å². The molecule has 0 unspecified atom stereocenters. The lowest BCUT2D eigenvalue weighted by Gasteiger charge is -2.20. The lowest BCUT2D eigenvalue weighted by atomic mass is 10.1. The monoisotopic (exact) mass is 409 g/mol. The van der Waals surface area contributed by atoms with Crippen LogP contribution in [0.4, 0.5) is 5.69 Å². The first-order valence-electron chi connectivity index (χ1n) is 9.08. The van der Waals surface area contributed by atoms with Gasteiger partial charge in [0.2, 0.25) is 5.91 Å². The van der Waals surface area contributed by atoms with E-state index in [4.69, 9.17) is 4.52 Å². The minimum absolute atomic E-state index is 0.000645. The number of nitrogens with zero attached hydrogens (tertiary/aromatic N) is 2. The van der Waals surface area contributed by atoms with Crippen molar-refractivity contribution in [3.05, 3.63) is 77.7 Å². The molecule has 2 atom stereocenters. The van der Waals surface area contributed by atoms with E-state index in [1.165, 1.54) is 4.90 Å². The van der Waals surface area contributed by atoms with Gasteiger partial charge in [0, 0.05) is 19.5 Å². The summed E-state index contributed by atoms with van der Waals surface area (Å²) >= 11 is 0. The first-order chi connectivity index (χ1) is 14.0. The zero-order valence-corrected chi connectivity index (χ0v) is 16.5. The van der Waals surface area contributed by atoms with Crippen LogP contribution < -0.4 is 10.2 Å². The van der Waals surface area contributed by atoms with Crippen LogP contribution in [0.5, 0.6) is 0 Å². The van der Waals surface area contributed by atoms with Gasteiger partial charge in [0.1, 0.15) is 11.8 Å². The molecule has 29 heavy (non-hydrogen) atoms. The smallest absolute Gasteiger partial charge is 0.274 e. The minimum Gasteiger partial charge on any atom is -0.360 e. The van der Waals surface area contributed by atoms with Gasteiger partial charge >= 0.3 is 0 Å². The van der Waals surface area contributed by atoms with Gasteiger partial charge in [-0.3, -0.25) is 13.8 Å². The summed E-state index contributed by atoms with van der Waals surface area (Å²) in [5.74, 6) is -0.324. The summed E-state index contributed by atoms with van der Waals surface area (Å²) in [7, 11) is 0.189. The molecule has 4 rings (SSSR count). The van der Waals surface area contributed by atoms with E-state index in [0.717, 1.165) is 5.56 Å². The highest BCUT2D eigenvalue weighted by Gasteiger charge is 2.33.